The molecule has 0 aliphatic heterocycles. The lowest BCUT2D eigenvalue weighted by atomic mass is 9.70. The molecular formula is C16H20FN3O. The van der Waals surface area contributed by atoms with Crippen molar-refractivity contribution in [2.75, 3.05) is 11.9 Å². The number of rotatable bonds is 3. The second kappa shape index (κ2) is 6.23. The van der Waals surface area contributed by atoms with Crippen molar-refractivity contribution in [2.24, 2.45) is 17.1 Å². The van der Waals surface area contributed by atoms with E-state index < -0.39 is 11.2 Å². The molecule has 112 valence electrons. The van der Waals surface area contributed by atoms with Crippen molar-refractivity contribution in [2.45, 2.75) is 32.6 Å². The van der Waals surface area contributed by atoms with Crippen LogP contribution in [-0.2, 0) is 4.79 Å². The predicted molar refractivity (Wildman–Crippen MR) is 78.9 cm³/mol. The quantitative estimate of drug-likeness (QED) is 0.898. The second-order valence-corrected chi connectivity index (χ2v) is 5.92. The van der Waals surface area contributed by atoms with E-state index in [1.165, 1.54) is 12.1 Å². The molecule has 1 aromatic rings. The number of benzene rings is 1. The Morgan fingerprint density at radius 2 is 2.19 bits per heavy atom. The minimum atomic E-state index is -0.576. The van der Waals surface area contributed by atoms with Crippen molar-refractivity contribution < 1.29 is 9.18 Å². The molecule has 0 spiro atoms. The summed E-state index contributed by atoms with van der Waals surface area (Å²) in [4.78, 5) is 12.6. The maximum Gasteiger partial charge on any atom is 0.231 e. The largest absolute Gasteiger partial charge is 0.329 e. The van der Waals surface area contributed by atoms with Crippen LogP contribution in [0.25, 0.3) is 0 Å². The Labute approximate surface area is 124 Å². The van der Waals surface area contributed by atoms with Gasteiger partial charge in [-0.3, -0.25) is 4.79 Å². The number of hydrogen-bond acceptors (Lipinski definition) is 3. The monoisotopic (exact) mass is 289 g/mol. The Hall–Kier alpha value is -1.93. The summed E-state index contributed by atoms with van der Waals surface area (Å²) in [5, 5.41) is 11.8. The van der Waals surface area contributed by atoms with Gasteiger partial charge in [0.25, 0.3) is 0 Å². The van der Waals surface area contributed by atoms with Gasteiger partial charge in [0, 0.05) is 6.54 Å². The molecule has 1 saturated carbocycles. The van der Waals surface area contributed by atoms with Crippen molar-refractivity contribution in [1.29, 1.82) is 5.26 Å². The van der Waals surface area contributed by atoms with Gasteiger partial charge in [0.15, 0.2) is 0 Å². The summed E-state index contributed by atoms with van der Waals surface area (Å²) in [6.07, 6.45) is 3.44. The highest BCUT2D eigenvalue weighted by Crippen LogP contribution is 2.39. The van der Waals surface area contributed by atoms with Crippen LogP contribution in [0.3, 0.4) is 0 Å². The number of carbonyl (C=O) groups excluding carboxylic acids is 1. The molecule has 0 atom stereocenters. The fourth-order valence-corrected chi connectivity index (χ4v) is 2.81. The van der Waals surface area contributed by atoms with Gasteiger partial charge < -0.3 is 11.1 Å². The number of halogens is 1. The van der Waals surface area contributed by atoms with Gasteiger partial charge in [-0.15, -0.1) is 0 Å². The molecule has 0 unspecified atom stereocenters. The first-order valence-corrected chi connectivity index (χ1v) is 7.22. The van der Waals surface area contributed by atoms with E-state index in [9.17, 15) is 9.18 Å². The number of anilines is 1. The lowest BCUT2D eigenvalue weighted by Gasteiger charge is -2.37. The standard InChI is InChI=1S/C16H20FN3O/c1-11-4-6-16(10-19,7-5-11)15(21)20-14-3-2-13(17)8-12(14)9-18/h2-3,8,11H,4-7,10,19H2,1H3,(H,20,21). The van der Waals surface area contributed by atoms with Gasteiger partial charge in [-0.25, -0.2) is 4.39 Å². The number of nitriles is 1. The third-order valence-corrected chi connectivity index (χ3v) is 4.45. The fourth-order valence-electron chi connectivity index (χ4n) is 2.81. The van der Waals surface area contributed by atoms with Crippen LogP contribution in [0.15, 0.2) is 18.2 Å². The van der Waals surface area contributed by atoms with Gasteiger partial charge in [0.05, 0.1) is 16.7 Å². The van der Waals surface area contributed by atoms with Crippen LogP contribution < -0.4 is 11.1 Å². The number of nitrogens with zero attached hydrogens (tertiary/aromatic N) is 1. The Balaban J connectivity index is 2.19. The molecule has 1 aliphatic rings. The summed E-state index contributed by atoms with van der Waals surface area (Å²) in [6, 6.07) is 5.66. The maximum absolute atomic E-state index is 13.1. The number of nitrogens with one attached hydrogen (secondary N) is 1. The molecule has 0 saturated heterocycles. The number of amides is 1. The lowest BCUT2D eigenvalue weighted by Crippen LogP contribution is -2.44. The van der Waals surface area contributed by atoms with E-state index in [0.29, 0.717) is 11.6 Å². The van der Waals surface area contributed by atoms with Gasteiger partial charge in [0.2, 0.25) is 5.91 Å². The molecule has 1 amide bonds. The highest BCUT2D eigenvalue weighted by atomic mass is 19.1. The molecule has 2 rings (SSSR count). The van der Waals surface area contributed by atoms with Crippen molar-refractivity contribution in [3.8, 4) is 6.07 Å². The zero-order valence-corrected chi connectivity index (χ0v) is 12.2. The highest BCUT2D eigenvalue weighted by molar-refractivity contribution is 5.96. The van der Waals surface area contributed by atoms with E-state index >= 15 is 0 Å². The molecule has 1 aliphatic carbocycles. The number of carbonyl (C=O) groups is 1. The average molecular weight is 289 g/mol. The van der Waals surface area contributed by atoms with E-state index in [1.54, 1.807) is 0 Å². The topological polar surface area (TPSA) is 78.9 Å². The van der Waals surface area contributed by atoms with Crippen LogP contribution in [0.4, 0.5) is 10.1 Å². The molecule has 0 radical (unpaired) electrons. The summed E-state index contributed by atoms with van der Waals surface area (Å²) in [5.41, 5.74) is 5.74. The zero-order valence-electron chi connectivity index (χ0n) is 12.2. The van der Waals surface area contributed by atoms with Crippen LogP contribution in [0.1, 0.15) is 38.2 Å². The van der Waals surface area contributed by atoms with Gasteiger partial charge in [0.1, 0.15) is 11.9 Å². The highest BCUT2D eigenvalue weighted by Gasteiger charge is 2.40. The Kier molecular flexibility index (Phi) is 4.59. The molecular weight excluding hydrogens is 269 g/mol. The van der Waals surface area contributed by atoms with Crippen LogP contribution >= 0.6 is 0 Å². The Morgan fingerprint density at radius 1 is 1.52 bits per heavy atom. The maximum atomic E-state index is 13.1. The summed E-state index contributed by atoms with van der Waals surface area (Å²) >= 11 is 0. The molecule has 1 aromatic carbocycles. The van der Waals surface area contributed by atoms with Crippen LogP contribution in [0, 0.1) is 28.5 Å². The fraction of sp³-hybridized carbons (Fsp3) is 0.500. The predicted octanol–water partition coefficient (Wildman–Crippen LogP) is 2.79. The summed E-state index contributed by atoms with van der Waals surface area (Å²) in [7, 11) is 0. The molecule has 5 heteroatoms. The Bertz CT molecular complexity index is 571. The van der Waals surface area contributed by atoms with Crippen LogP contribution in [0.2, 0.25) is 0 Å². The van der Waals surface area contributed by atoms with Crippen LogP contribution in [-0.4, -0.2) is 12.5 Å². The molecule has 4 nitrogen and oxygen atoms in total. The van der Waals surface area contributed by atoms with Crippen LogP contribution in [0.5, 0.6) is 0 Å². The molecule has 0 bridgehead atoms. The van der Waals surface area contributed by atoms with Gasteiger partial charge >= 0.3 is 0 Å². The molecule has 21 heavy (non-hydrogen) atoms. The first-order valence-electron chi connectivity index (χ1n) is 7.22. The van der Waals surface area contributed by atoms with E-state index in [1.807, 2.05) is 6.07 Å². The minimum absolute atomic E-state index is 0.125. The summed E-state index contributed by atoms with van der Waals surface area (Å²) in [5.74, 6) is -0.0532. The number of nitrogens with two attached hydrogens (primary N) is 1. The number of hydrogen-bond donors (Lipinski definition) is 2. The molecule has 3 N–H and O–H groups in total. The molecule has 0 heterocycles. The van der Waals surface area contributed by atoms with Gasteiger partial charge in [-0.2, -0.15) is 5.26 Å². The lowest BCUT2D eigenvalue weighted by molar-refractivity contribution is -0.127. The Morgan fingerprint density at radius 3 is 2.76 bits per heavy atom. The third kappa shape index (κ3) is 3.22. The summed E-state index contributed by atoms with van der Waals surface area (Å²) < 4.78 is 13.1. The van der Waals surface area contributed by atoms with E-state index in [0.717, 1.165) is 31.7 Å². The molecule has 1 fully saturated rings. The molecule has 0 aromatic heterocycles. The zero-order chi connectivity index (χ0) is 15.5. The normalized spacial score (nSPS) is 25.1. The van der Waals surface area contributed by atoms with Gasteiger partial charge in [-0.05, 0) is 49.8 Å². The average Bonchev–Trinajstić information content (AvgIpc) is 2.50. The van der Waals surface area contributed by atoms with Gasteiger partial charge in [-0.1, -0.05) is 6.92 Å². The first-order chi connectivity index (χ1) is 10.0. The van der Waals surface area contributed by atoms with Crippen molar-refractivity contribution in [1.82, 2.24) is 0 Å². The van der Waals surface area contributed by atoms with Crippen molar-refractivity contribution in [3.05, 3.63) is 29.6 Å². The smallest absolute Gasteiger partial charge is 0.231 e. The first kappa shape index (κ1) is 15.5. The van der Waals surface area contributed by atoms with Crippen molar-refractivity contribution >= 4 is 11.6 Å². The second-order valence-electron chi connectivity index (χ2n) is 5.92. The summed E-state index contributed by atoms with van der Waals surface area (Å²) in [6.45, 7) is 2.46. The van der Waals surface area contributed by atoms with Crippen molar-refractivity contribution in [3.63, 3.8) is 0 Å². The third-order valence-electron chi connectivity index (χ3n) is 4.45. The SMILES string of the molecule is CC1CCC(CN)(C(=O)Nc2ccc(F)cc2C#N)CC1. The van der Waals surface area contributed by atoms with E-state index in [-0.39, 0.29) is 18.0 Å². The van der Waals surface area contributed by atoms with E-state index in [2.05, 4.69) is 12.2 Å². The van der Waals surface area contributed by atoms with E-state index in [4.69, 9.17) is 11.0 Å². The minimum Gasteiger partial charge on any atom is -0.329 e.